The van der Waals surface area contributed by atoms with Gasteiger partial charge in [0.15, 0.2) is 0 Å². The van der Waals surface area contributed by atoms with Gasteiger partial charge in [0, 0.05) is 24.9 Å². The third-order valence-corrected chi connectivity index (χ3v) is 3.72. The van der Waals surface area contributed by atoms with Crippen LogP contribution in [0, 0.1) is 0 Å². The largest absolute Gasteiger partial charge is 0.396 e. The van der Waals surface area contributed by atoms with Gasteiger partial charge in [-0.2, -0.15) is 0 Å². The number of nitrogens with zero attached hydrogens (tertiary/aromatic N) is 1. The number of rotatable bonds is 5. The minimum atomic E-state index is 0.326. The highest BCUT2D eigenvalue weighted by Crippen LogP contribution is 2.30. The van der Waals surface area contributed by atoms with Gasteiger partial charge in [-0.1, -0.05) is 18.2 Å². The Morgan fingerprint density at radius 1 is 1.24 bits per heavy atom. The van der Waals surface area contributed by atoms with Crippen LogP contribution in [0.1, 0.15) is 38.2 Å². The molecule has 0 radical (unpaired) electrons. The molecule has 1 aliphatic rings. The molecule has 0 saturated heterocycles. The number of aliphatic hydroxyl groups excluding tert-OH is 1. The first-order valence-corrected chi connectivity index (χ1v) is 6.78. The van der Waals surface area contributed by atoms with Crippen molar-refractivity contribution in [2.24, 2.45) is 0 Å². The fraction of sp³-hybridized carbons (Fsp3) is 0.600. The standard InChI is InChI=1S/C15H23NO/c1-13-9-10-14-7-3-4-8-15(14)16(13)11-5-2-6-12-17/h3-4,7-8,13,17H,2,5-6,9-12H2,1H3. The second-order valence-electron chi connectivity index (χ2n) is 4.99. The number of aryl methyl sites for hydroxylation is 1. The highest BCUT2D eigenvalue weighted by molar-refractivity contribution is 5.56. The average molecular weight is 233 g/mol. The molecule has 0 spiro atoms. The quantitative estimate of drug-likeness (QED) is 0.790. The summed E-state index contributed by atoms with van der Waals surface area (Å²) in [5.41, 5.74) is 2.92. The first kappa shape index (κ1) is 12.4. The summed E-state index contributed by atoms with van der Waals surface area (Å²) >= 11 is 0. The number of para-hydroxylation sites is 1. The number of anilines is 1. The summed E-state index contributed by atoms with van der Waals surface area (Å²) in [6.07, 6.45) is 5.71. The van der Waals surface area contributed by atoms with E-state index in [9.17, 15) is 0 Å². The molecule has 0 aliphatic carbocycles. The smallest absolute Gasteiger partial charge is 0.0431 e. The Kier molecular flexibility index (Phi) is 4.43. The van der Waals surface area contributed by atoms with Gasteiger partial charge < -0.3 is 10.0 Å². The lowest BCUT2D eigenvalue weighted by molar-refractivity contribution is 0.283. The normalized spacial score (nSPS) is 19.2. The topological polar surface area (TPSA) is 23.5 Å². The van der Waals surface area contributed by atoms with Crippen molar-refractivity contribution < 1.29 is 5.11 Å². The lowest BCUT2D eigenvalue weighted by atomic mass is 9.96. The number of hydrogen-bond acceptors (Lipinski definition) is 2. The van der Waals surface area contributed by atoms with Gasteiger partial charge in [-0.15, -0.1) is 0 Å². The van der Waals surface area contributed by atoms with Crippen LogP contribution >= 0.6 is 0 Å². The van der Waals surface area contributed by atoms with Crippen molar-refractivity contribution in [3.8, 4) is 0 Å². The first-order chi connectivity index (χ1) is 8.33. The van der Waals surface area contributed by atoms with E-state index in [0.29, 0.717) is 12.6 Å². The molecule has 2 heteroatoms. The minimum absolute atomic E-state index is 0.326. The Balaban J connectivity index is 2.00. The van der Waals surface area contributed by atoms with Gasteiger partial charge in [0.25, 0.3) is 0 Å². The van der Waals surface area contributed by atoms with E-state index < -0.39 is 0 Å². The van der Waals surface area contributed by atoms with Crippen molar-refractivity contribution in [3.05, 3.63) is 29.8 Å². The maximum atomic E-state index is 8.80. The molecule has 0 amide bonds. The molecule has 1 aromatic carbocycles. The summed E-state index contributed by atoms with van der Waals surface area (Å²) in [6, 6.07) is 9.43. The molecule has 0 bridgehead atoms. The molecule has 1 atom stereocenters. The Morgan fingerprint density at radius 3 is 2.88 bits per heavy atom. The summed E-state index contributed by atoms with van der Waals surface area (Å²) in [6.45, 7) is 3.77. The fourth-order valence-corrected chi connectivity index (χ4v) is 2.67. The van der Waals surface area contributed by atoms with Crippen LogP contribution < -0.4 is 4.90 Å². The minimum Gasteiger partial charge on any atom is -0.396 e. The summed E-state index contributed by atoms with van der Waals surface area (Å²) in [5.74, 6) is 0. The first-order valence-electron chi connectivity index (χ1n) is 6.78. The Bertz CT molecular complexity index is 351. The van der Waals surface area contributed by atoms with Gasteiger partial charge in [0.05, 0.1) is 0 Å². The maximum Gasteiger partial charge on any atom is 0.0431 e. The summed E-state index contributed by atoms with van der Waals surface area (Å²) in [4.78, 5) is 2.54. The van der Waals surface area contributed by atoms with E-state index in [-0.39, 0.29) is 0 Å². The van der Waals surface area contributed by atoms with E-state index in [2.05, 4.69) is 36.1 Å². The van der Waals surface area contributed by atoms with Crippen molar-refractivity contribution in [3.63, 3.8) is 0 Å². The van der Waals surface area contributed by atoms with Crippen LogP contribution in [0.3, 0.4) is 0 Å². The van der Waals surface area contributed by atoms with Crippen LogP contribution in [-0.4, -0.2) is 24.3 Å². The average Bonchev–Trinajstić information content (AvgIpc) is 2.37. The lowest BCUT2D eigenvalue weighted by Crippen LogP contribution is -2.37. The Hall–Kier alpha value is -1.02. The molecule has 17 heavy (non-hydrogen) atoms. The van der Waals surface area contributed by atoms with Gasteiger partial charge in [0.1, 0.15) is 0 Å². The van der Waals surface area contributed by atoms with Crippen molar-refractivity contribution in [1.29, 1.82) is 0 Å². The number of fused-ring (bicyclic) bond motifs is 1. The van der Waals surface area contributed by atoms with E-state index in [1.807, 2.05) is 0 Å². The van der Waals surface area contributed by atoms with Gasteiger partial charge in [0.2, 0.25) is 0 Å². The Labute approximate surface area is 104 Å². The molecule has 0 fully saturated rings. The number of hydrogen-bond donors (Lipinski definition) is 1. The molecule has 2 nitrogen and oxygen atoms in total. The zero-order valence-electron chi connectivity index (χ0n) is 10.7. The summed E-state index contributed by atoms with van der Waals surface area (Å²) in [5, 5.41) is 8.80. The number of unbranched alkanes of at least 4 members (excludes halogenated alkanes) is 2. The van der Waals surface area contributed by atoms with Gasteiger partial charge in [-0.3, -0.25) is 0 Å². The highest BCUT2D eigenvalue weighted by Gasteiger charge is 2.21. The van der Waals surface area contributed by atoms with Crippen LogP contribution in [0.5, 0.6) is 0 Å². The second-order valence-corrected chi connectivity index (χ2v) is 4.99. The third-order valence-electron chi connectivity index (χ3n) is 3.72. The summed E-state index contributed by atoms with van der Waals surface area (Å²) < 4.78 is 0. The van der Waals surface area contributed by atoms with Crippen molar-refractivity contribution in [2.45, 2.75) is 45.1 Å². The molecule has 1 N–H and O–H groups in total. The lowest BCUT2D eigenvalue weighted by Gasteiger charge is -2.37. The van der Waals surface area contributed by atoms with Crippen LogP contribution in [0.15, 0.2) is 24.3 Å². The third kappa shape index (κ3) is 3.01. The van der Waals surface area contributed by atoms with Gasteiger partial charge >= 0.3 is 0 Å². The van der Waals surface area contributed by atoms with Crippen molar-refractivity contribution >= 4 is 5.69 Å². The van der Waals surface area contributed by atoms with Crippen LogP contribution in [0.25, 0.3) is 0 Å². The van der Waals surface area contributed by atoms with Crippen LogP contribution in [-0.2, 0) is 6.42 Å². The number of aliphatic hydroxyl groups is 1. The van der Waals surface area contributed by atoms with E-state index in [1.54, 1.807) is 0 Å². The molecular weight excluding hydrogens is 210 g/mol. The van der Waals surface area contributed by atoms with Gasteiger partial charge in [-0.05, 0) is 50.7 Å². The molecule has 94 valence electrons. The molecule has 1 aliphatic heterocycles. The van der Waals surface area contributed by atoms with Crippen LogP contribution in [0.2, 0.25) is 0 Å². The molecule has 1 unspecified atom stereocenters. The van der Waals surface area contributed by atoms with Crippen molar-refractivity contribution in [1.82, 2.24) is 0 Å². The van der Waals surface area contributed by atoms with Crippen LogP contribution in [0.4, 0.5) is 5.69 Å². The van der Waals surface area contributed by atoms with E-state index in [1.165, 1.54) is 30.5 Å². The Morgan fingerprint density at radius 2 is 2.06 bits per heavy atom. The molecular formula is C15H23NO. The van der Waals surface area contributed by atoms with Gasteiger partial charge in [-0.25, -0.2) is 0 Å². The number of benzene rings is 1. The molecule has 2 rings (SSSR count). The molecule has 0 saturated carbocycles. The maximum absolute atomic E-state index is 8.80. The monoisotopic (exact) mass is 233 g/mol. The SMILES string of the molecule is CC1CCc2ccccc2N1CCCCCO. The van der Waals surface area contributed by atoms with E-state index in [4.69, 9.17) is 5.11 Å². The van der Waals surface area contributed by atoms with E-state index in [0.717, 1.165) is 19.4 Å². The second kappa shape index (κ2) is 6.06. The predicted molar refractivity (Wildman–Crippen MR) is 72.5 cm³/mol. The zero-order valence-corrected chi connectivity index (χ0v) is 10.7. The molecule has 0 aromatic heterocycles. The van der Waals surface area contributed by atoms with Crippen molar-refractivity contribution in [2.75, 3.05) is 18.1 Å². The fourth-order valence-electron chi connectivity index (χ4n) is 2.67. The zero-order chi connectivity index (χ0) is 12.1. The highest BCUT2D eigenvalue weighted by atomic mass is 16.2. The summed E-state index contributed by atoms with van der Waals surface area (Å²) in [7, 11) is 0. The molecule has 1 aromatic rings. The molecule has 1 heterocycles. The van der Waals surface area contributed by atoms with E-state index >= 15 is 0 Å². The predicted octanol–water partition coefficient (Wildman–Crippen LogP) is 2.99.